The fourth-order valence-electron chi connectivity index (χ4n) is 6.71. The number of phenolic OH excluding ortho intramolecular Hbond substituents is 1. The minimum atomic E-state index is -1.41. The van der Waals surface area contributed by atoms with Crippen molar-refractivity contribution in [1.82, 2.24) is 4.90 Å². The Labute approximate surface area is 196 Å². The van der Waals surface area contributed by atoms with E-state index in [4.69, 9.17) is 10.2 Å². The van der Waals surface area contributed by atoms with Crippen LogP contribution in [0.25, 0.3) is 0 Å². The lowest BCUT2D eigenvalue weighted by atomic mass is 9.52. The molecular weight excluding hydrogens is 414 g/mol. The van der Waals surface area contributed by atoms with Gasteiger partial charge in [0.25, 0.3) is 0 Å². The van der Waals surface area contributed by atoms with Crippen molar-refractivity contribution in [3.63, 3.8) is 0 Å². The number of rotatable bonds is 4. The SMILES string of the molecule is O=C(O)[C@@H](O)c1ccccc1.Oc1ccc2c(c1)[C@]13CCCC[C@@H]1[C@H](C2)N(CC1CC1)CC3. The van der Waals surface area contributed by atoms with Crippen molar-refractivity contribution in [2.24, 2.45) is 11.8 Å². The number of aliphatic carboxylic acids is 1. The molecule has 3 aliphatic carbocycles. The molecule has 2 aromatic rings. The molecule has 33 heavy (non-hydrogen) atoms. The molecule has 5 heteroatoms. The van der Waals surface area contributed by atoms with Gasteiger partial charge in [0.05, 0.1) is 0 Å². The largest absolute Gasteiger partial charge is 0.508 e. The molecule has 176 valence electrons. The highest BCUT2D eigenvalue weighted by atomic mass is 16.4. The lowest BCUT2D eigenvalue weighted by Gasteiger charge is -2.59. The Balaban J connectivity index is 0.000000177. The fraction of sp³-hybridized carbons (Fsp3) is 0.536. The number of carboxylic acids is 1. The molecule has 0 aromatic heterocycles. The van der Waals surface area contributed by atoms with Crippen molar-refractivity contribution in [3.05, 3.63) is 65.2 Å². The van der Waals surface area contributed by atoms with Crippen LogP contribution in [-0.2, 0) is 16.6 Å². The number of aliphatic hydroxyl groups excluding tert-OH is 1. The Kier molecular flexibility index (Phi) is 6.19. The first-order valence-electron chi connectivity index (χ1n) is 12.5. The number of carbonyl (C=O) groups is 1. The second-order valence-corrected chi connectivity index (χ2v) is 10.5. The van der Waals surface area contributed by atoms with Gasteiger partial charge in [-0.25, -0.2) is 4.79 Å². The summed E-state index contributed by atoms with van der Waals surface area (Å²) in [7, 11) is 0. The van der Waals surface area contributed by atoms with Gasteiger partial charge >= 0.3 is 5.97 Å². The molecule has 1 saturated heterocycles. The van der Waals surface area contributed by atoms with Gasteiger partial charge in [-0.05, 0) is 85.7 Å². The maximum atomic E-state index is 10.2. The maximum Gasteiger partial charge on any atom is 0.337 e. The van der Waals surface area contributed by atoms with Gasteiger partial charge in [-0.2, -0.15) is 0 Å². The molecule has 0 unspecified atom stereocenters. The zero-order valence-corrected chi connectivity index (χ0v) is 19.2. The summed E-state index contributed by atoms with van der Waals surface area (Å²) in [5.41, 5.74) is 3.83. The molecule has 2 bridgehead atoms. The molecular formula is C28H35NO4. The number of phenols is 1. The summed E-state index contributed by atoms with van der Waals surface area (Å²) in [6, 6.07) is 15.3. The highest BCUT2D eigenvalue weighted by Gasteiger charge is 2.54. The number of benzene rings is 2. The Morgan fingerprint density at radius 1 is 1.06 bits per heavy atom. The summed E-state index contributed by atoms with van der Waals surface area (Å²) in [6.45, 7) is 2.64. The summed E-state index contributed by atoms with van der Waals surface area (Å²) in [4.78, 5) is 13.1. The summed E-state index contributed by atoms with van der Waals surface area (Å²) in [6.07, 6.45) is 9.59. The lowest BCUT2D eigenvalue weighted by Crippen LogP contribution is -2.61. The average molecular weight is 450 g/mol. The number of piperidine rings is 1. The van der Waals surface area contributed by atoms with E-state index in [2.05, 4.69) is 17.0 Å². The lowest BCUT2D eigenvalue weighted by molar-refractivity contribution is -0.146. The van der Waals surface area contributed by atoms with Crippen LogP contribution >= 0.6 is 0 Å². The zero-order chi connectivity index (χ0) is 23.0. The third-order valence-electron chi connectivity index (χ3n) is 8.47. The molecule has 1 heterocycles. The van der Waals surface area contributed by atoms with E-state index in [0.717, 1.165) is 17.9 Å². The van der Waals surface area contributed by atoms with Crippen LogP contribution in [0.5, 0.6) is 5.75 Å². The minimum absolute atomic E-state index is 0.384. The monoisotopic (exact) mass is 449 g/mol. The van der Waals surface area contributed by atoms with Crippen molar-refractivity contribution in [3.8, 4) is 5.75 Å². The normalized spacial score (nSPS) is 29.1. The van der Waals surface area contributed by atoms with Gasteiger partial charge in [0, 0.05) is 18.0 Å². The number of nitrogens with zero attached hydrogens (tertiary/aromatic N) is 1. The van der Waals surface area contributed by atoms with Crippen LogP contribution in [0.2, 0.25) is 0 Å². The van der Waals surface area contributed by atoms with Gasteiger partial charge in [-0.15, -0.1) is 0 Å². The third-order valence-corrected chi connectivity index (χ3v) is 8.47. The second kappa shape index (κ2) is 9.11. The molecule has 3 N–H and O–H groups in total. The van der Waals surface area contributed by atoms with Gasteiger partial charge in [0.15, 0.2) is 6.10 Å². The van der Waals surface area contributed by atoms with Crippen molar-refractivity contribution >= 4 is 5.97 Å². The molecule has 0 spiro atoms. The van der Waals surface area contributed by atoms with E-state index in [9.17, 15) is 9.90 Å². The summed E-state index contributed by atoms with van der Waals surface area (Å²) < 4.78 is 0. The Bertz CT molecular complexity index is 989. The van der Waals surface area contributed by atoms with Crippen LogP contribution in [-0.4, -0.2) is 45.3 Å². The van der Waals surface area contributed by atoms with E-state index in [1.807, 2.05) is 6.07 Å². The van der Waals surface area contributed by atoms with E-state index in [-0.39, 0.29) is 0 Å². The van der Waals surface area contributed by atoms with Gasteiger partial charge in [0.1, 0.15) is 5.75 Å². The van der Waals surface area contributed by atoms with Gasteiger partial charge in [0.2, 0.25) is 0 Å². The molecule has 4 atom stereocenters. The molecule has 0 amide bonds. The number of aliphatic hydroxyl groups is 1. The van der Waals surface area contributed by atoms with Crippen molar-refractivity contribution in [2.75, 3.05) is 13.1 Å². The van der Waals surface area contributed by atoms with Crippen LogP contribution < -0.4 is 0 Å². The molecule has 4 aliphatic rings. The van der Waals surface area contributed by atoms with Gasteiger partial charge in [-0.1, -0.05) is 49.2 Å². The highest BCUT2D eigenvalue weighted by molar-refractivity contribution is 5.73. The average Bonchev–Trinajstić information content (AvgIpc) is 3.66. The number of carboxylic acid groups (broad SMARTS) is 1. The van der Waals surface area contributed by atoms with Crippen LogP contribution in [0, 0.1) is 11.8 Å². The van der Waals surface area contributed by atoms with Crippen molar-refractivity contribution < 1.29 is 20.1 Å². The van der Waals surface area contributed by atoms with Crippen LogP contribution in [0.4, 0.5) is 0 Å². The summed E-state index contributed by atoms with van der Waals surface area (Å²) in [5, 5.41) is 27.4. The van der Waals surface area contributed by atoms with Crippen molar-refractivity contribution in [2.45, 2.75) is 68.9 Å². The van der Waals surface area contributed by atoms with Crippen LogP contribution in [0.15, 0.2) is 48.5 Å². The molecule has 6 rings (SSSR count). The number of fused-ring (bicyclic) bond motifs is 1. The van der Waals surface area contributed by atoms with E-state index < -0.39 is 12.1 Å². The molecule has 3 fully saturated rings. The number of hydrogen-bond donors (Lipinski definition) is 3. The number of hydrogen-bond acceptors (Lipinski definition) is 4. The van der Waals surface area contributed by atoms with E-state index in [0.29, 0.717) is 16.7 Å². The number of likely N-dealkylation sites (tertiary alicyclic amines) is 1. The zero-order valence-electron chi connectivity index (χ0n) is 19.2. The standard InChI is InChI=1S/C20H27NO.C8H8O3/c22-16-7-6-15-11-19-17-3-1-2-8-20(17,18(15)12-16)9-10-21(19)13-14-4-5-14;9-7(8(10)11)6-4-2-1-3-5-6/h6-7,12,14,17,19,22H,1-5,8-11,13H2;1-5,7,9H,(H,10,11)/t17-,19+,20+;7-/m10/s1. The summed E-state index contributed by atoms with van der Waals surface area (Å²) in [5.74, 6) is 1.08. The topological polar surface area (TPSA) is 81.0 Å². The number of aromatic hydroxyl groups is 1. The smallest absolute Gasteiger partial charge is 0.337 e. The highest BCUT2D eigenvalue weighted by Crippen LogP contribution is 2.56. The maximum absolute atomic E-state index is 10.2. The van der Waals surface area contributed by atoms with Crippen molar-refractivity contribution in [1.29, 1.82) is 0 Å². The molecule has 0 radical (unpaired) electrons. The van der Waals surface area contributed by atoms with Crippen LogP contribution in [0.1, 0.15) is 67.7 Å². The predicted molar refractivity (Wildman–Crippen MR) is 127 cm³/mol. The Morgan fingerprint density at radius 3 is 2.58 bits per heavy atom. The Hall–Kier alpha value is -2.37. The first-order chi connectivity index (χ1) is 16.0. The van der Waals surface area contributed by atoms with Gasteiger partial charge in [-0.3, -0.25) is 4.90 Å². The van der Waals surface area contributed by atoms with E-state index in [1.165, 1.54) is 75.6 Å². The Morgan fingerprint density at radius 2 is 1.85 bits per heavy atom. The minimum Gasteiger partial charge on any atom is -0.508 e. The van der Waals surface area contributed by atoms with Crippen LogP contribution in [0.3, 0.4) is 0 Å². The molecule has 5 nitrogen and oxygen atoms in total. The first-order valence-corrected chi connectivity index (χ1v) is 12.5. The molecule has 2 saturated carbocycles. The molecule has 2 aromatic carbocycles. The summed E-state index contributed by atoms with van der Waals surface area (Å²) >= 11 is 0. The molecule has 1 aliphatic heterocycles. The van der Waals surface area contributed by atoms with Gasteiger partial charge < -0.3 is 15.3 Å². The third kappa shape index (κ3) is 4.41. The predicted octanol–water partition coefficient (Wildman–Crippen LogP) is 4.67. The van der Waals surface area contributed by atoms with E-state index in [1.54, 1.807) is 30.3 Å². The van der Waals surface area contributed by atoms with E-state index >= 15 is 0 Å². The first kappa shape index (κ1) is 22.4. The quantitative estimate of drug-likeness (QED) is 0.632. The second-order valence-electron chi connectivity index (χ2n) is 10.5. The fourth-order valence-corrected chi connectivity index (χ4v) is 6.71.